The largest absolute Gasteiger partial charge is 0.369 e. The maximum Gasteiger partial charge on any atom is 0.329 e. The molecule has 9 nitrogen and oxygen atoms in total. The zero-order valence-electron chi connectivity index (χ0n) is 14.6. The Hall–Kier alpha value is -2.37. The van der Waals surface area contributed by atoms with Crippen molar-refractivity contribution in [3.05, 3.63) is 42.6 Å². The molecule has 0 bridgehead atoms. The molecule has 0 radical (unpaired) electrons. The fraction of sp³-hybridized carbons (Fsp3) is 0.312. The minimum Gasteiger partial charge on any atom is -0.369 e. The third-order valence-corrected chi connectivity index (χ3v) is 7.27. The summed E-state index contributed by atoms with van der Waals surface area (Å²) in [7, 11) is -6.90. The Bertz CT molecular complexity index is 1060. The molecule has 0 aliphatic carbocycles. The monoisotopic (exact) mass is 409 g/mol. The predicted molar refractivity (Wildman–Crippen MR) is 104 cm³/mol. The van der Waals surface area contributed by atoms with E-state index >= 15 is 0 Å². The van der Waals surface area contributed by atoms with Gasteiger partial charge in [-0.15, -0.1) is 0 Å². The minimum absolute atomic E-state index is 0.304. The third-order valence-electron chi connectivity index (χ3n) is 4.63. The van der Waals surface area contributed by atoms with Crippen molar-refractivity contribution in [1.29, 1.82) is 0 Å². The first-order valence-corrected chi connectivity index (χ1v) is 11.6. The Morgan fingerprint density at radius 2 is 1.63 bits per heavy atom. The zero-order valence-corrected chi connectivity index (χ0v) is 16.2. The van der Waals surface area contributed by atoms with Crippen LogP contribution >= 0.6 is 0 Å². The average Bonchev–Trinajstić information content (AvgIpc) is 2.91. The highest BCUT2D eigenvalue weighted by Gasteiger charge is 2.34. The van der Waals surface area contributed by atoms with Crippen LogP contribution in [0.5, 0.6) is 0 Å². The molecule has 3 heterocycles. The van der Waals surface area contributed by atoms with Gasteiger partial charge in [-0.05, 0) is 36.4 Å². The number of nitrogens with one attached hydrogen (secondary N) is 1. The molecule has 0 amide bonds. The third kappa shape index (κ3) is 3.33. The quantitative estimate of drug-likeness (QED) is 0.810. The van der Waals surface area contributed by atoms with E-state index in [9.17, 15) is 16.8 Å². The molecule has 2 aliphatic rings. The van der Waals surface area contributed by atoms with E-state index in [1.807, 2.05) is 12.1 Å². The first kappa shape index (κ1) is 18.0. The van der Waals surface area contributed by atoms with Crippen LogP contribution in [0.15, 0.2) is 42.6 Å². The summed E-state index contributed by atoms with van der Waals surface area (Å²) in [4.78, 5) is 6.14. The van der Waals surface area contributed by atoms with Crippen LogP contribution in [0, 0.1) is 0 Å². The summed E-state index contributed by atoms with van der Waals surface area (Å²) in [5, 5.41) is 0. The maximum absolute atomic E-state index is 12.4. The van der Waals surface area contributed by atoms with Gasteiger partial charge < -0.3 is 4.90 Å². The number of fused-ring (bicyclic) bond motifs is 1. The fourth-order valence-electron chi connectivity index (χ4n) is 3.29. The summed E-state index contributed by atoms with van der Waals surface area (Å²) in [6.45, 7) is 2.04. The maximum atomic E-state index is 12.4. The number of pyridine rings is 1. The van der Waals surface area contributed by atoms with E-state index in [2.05, 4.69) is 14.6 Å². The van der Waals surface area contributed by atoms with Crippen LogP contribution in [-0.2, 0) is 20.2 Å². The number of rotatable bonds is 3. The van der Waals surface area contributed by atoms with E-state index in [0.717, 1.165) is 5.69 Å². The average molecular weight is 409 g/mol. The van der Waals surface area contributed by atoms with Crippen molar-refractivity contribution < 1.29 is 16.8 Å². The Morgan fingerprint density at radius 1 is 1.00 bits per heavy atom. The van der Waals surface area contributed by atoms with Gasteiger partial charge in [-0.2, -0.15) is 12.7 Å². The zero-order chi connectivity index (χ0) is 19.2. The molecule has 0 unspecified atom stereocenters. The van der Waals surface area contributed by atoms with E-state index < -0.39 is 20.2 Å². The lowest BCUT2D eigenvalue weighted by Crippen LogP contribution is -2.48. The van der Waals surface area contributed by atoms with Gasteiger partial charge in [0, 0.05) is 38.1 Å². The van der Waals surface area contributed by atoms with Crippen molar-refractivity contribution >= 4 is 43.1 Å². The van der Waals surface area contributed by atoms with Crippen LogP contribution in [0.2, 0.25) is 0 Å². The Kier molecular flexibility index (Phi) is 4.24. The lowest BCUT2D eigenvalue weighted by atomic mass is 10.2. The van der Waals surface area contributed by atoms with Gasteiger partial charge in [0.05, 0.1) is 11.9 Å². The van der Waals surface area contributed by atoms with E-state index in [1.54, 1.807) is 24.3 Å². The van der Waals surface area contributed by atoms with Gasteiger partial charge in [-0.1, -0.05) is 0 Å². The highest BCUT2D eigenvalue weighted by Crippen LogP contribution is 2.39. The van der Waals surface area contributed by atoms with Gasteiger partial charge in [-0.25, -0.2) is 22.4 Å². The first-order chi connectivity index (χ1) is 12.8. The molecule has 144 valence electrons. The van der Waals surface area contributed by atoms with Gasteiger partial charge >= 0.3 is 10.2 Å². The molecule has 1 aromatic carbocycles. The number of hydrogen-bond donors (Lipinski definition) is 1. The smallest absolute Gasteiger partial charge is 0.329 e. The summed E-state index contributed by atoms with van der Waals surface area (Å²) in [5.41, 5.74) is 1.91. The number of anilines is 4. The van der Waals surface area contributed by atoms with Crippen LogP contribution in [0.1, 0.15) is 0 Å². The number of hydrogen-bond acceptors (Lipinski definition) is 6. The Balaban J connectivity index is 1.55. The van der Waals surface area contributed by atoms with Crippen molar-refractivity contribution in [2.45, 2.75) is 0 Å². The van der Waals surface area contributed by atoms with Gasteiger partial charge in [0.15, 0.2) is 5.82 Å². The van der Waals surface area contributed by atoms with Crippen molar-refractivity contribution in [2.75, 3.05) is 46.4 Å². The van der Waals surface area contributed by atoms with E-state index in [-0.39, 0.29) is 0 Å². The highest BCUT2D eigenvalue weighted by molar-refractivity contribution is 7.95. The first-order valence-electron chi connectivity index (χ1n) is 8.34. The molecule has 1 N–H and O–H groups in total. The number of benzene rings is 1. The SMILES string of the molecule is CS(=O)(=O)N1CCN(c2ccc(N3c4cccnc4NS3(=O)=O)cc2)CC1. The summed E-state index contributed by atoms with van der Waals surface area (Å²) in [6, 6.07) is 10.5. The van der Waals surface area contributed by atoms with Crippen molar-refractivity contribution in [1.82, 2.24) is 9.29 Å². The molecule has 1 fully saturated rings. The van der Waals surface area contributed by atoms with Crippen molar-refractivity contribution in [2.24, 2.45) is 0 Å². The molecule has 0 atom stereocenters. The second kappa shape index (κ2) is 6.36. The van der Waals surface area contributed by atoms with Crippen LogP contribution in [-0.4, -0.2) is 58.6 Å². The predicted octanol–water partition coefficient (Wildman–Crippen LogP) is 0.972. The number of piperazine rings is 1. The lowest BCUT2D eigenvalue weighted by molar-refractivity contribution is 0.388. The molecule has 0 saturated carbocycles. The highest BCUT2D eigenvalue weighted by atomic mass is 32.2. The molecule has 2 aromatic rings. The fourth-order valence-corrected chi connectivity index (χ4v) is 5.42. The minimum atomic E-state index is -3.73. The van der Waals surface area contributed by atoms with E-state index in [4.69, 9.17) is 0 Å². The molecule has 1 saturated heterocycles. The number of sulfonamides is 1. The molecule has 0 spiro atoms. The molecule has 2 aliphatic heterocycles. The van der Waals surface area contributed by atoms with Crippen LogP contribution in [0.4, 0.5) is 22.9 Å². The van der Waals surface area contributed by atoms with E-state index in [1.165, 1.54) is 21.1 Å². The van der Waals surface area contributed by atoms with Crippen LogP contribution < -0.4 is 13.9 Å². The van der Waals surface area contributed by atoms with Crippen LogP contribution in [0.25, 0.3) is 0 Å². The standard InChI is InChI=1S/C16H19N5O4S2/c1-26(22,23)20-11-9-19(10-12-20)13-4-6-14(7-5-13)21-15-3-2-8-17-16(15)18-27(21,24)25/h2-8H,9-12H2,1H3,(H,17,18). The molecule has 11 heteroatoms. The van der Waals surface area contributed by atoms with Gasteiger partial charge in [0.1, 0.15) is 5.69 Å². The molecule has 4 rings (SSSR count). The normalized spacial score (nSPS) is 19.6. The van der Waals surface area contributed by atoms with Crippen molar-refractivity contribution in [3.63, 3.8) is 0 Å². The molecular formula is C16H19N5O4S2. The molecule has 27 heavy (non-hydrogen) atoms. The number of aromatic nitrogens is 1. The van der Waals surface area contributed by atoms with Crippen LogP contribution in [0.3, 0.4) is 0 Å². The summed E-state index contributed by atoms with van der Waals surface area (Å²) in [6.07, 6.45) is 2.75. The second-order valence-electron chi connectivity index (χ2n) is 6.41. The van der Waals surface area contributed by atoms with Crippen molar-refractivity contribution in [3.8, 4) is 0 Å². The summed E-state index contributed by atoms with van der Waals surface area (Å²) >= 11 is 0. The summed E-state index contributed by atoms with van der Waals surface area (Å²) in [5.74, 6) is 0.304. The molecule has 1 aromatic heterocycles. The Labute approximate surface area is 158 Å². The van der Waals surface area contributed by atoms with Gasteiger partial charge in [-0.3, -0.25) is 0 Å². The van der Waals surface area contributed by atoms with Gasteiger partial charge in [0.25, 0.3) is 0 Å². The topological polar surface area (TPSA) is 103 Å². The summed E-state index contributed by atoms with van der Waals surface area (Å²) < 4.78 is 53.2. The van der Waals surface area contributed by atoms with E-state index in [0.29, 0.717) is 43.4 Å². The second-order valence-corrected chi connectivity index (χ2v) is 9.91. The van der Waals surface area contributed by atoms with Gasteiger partial charge in [0.2, 0.25) is 10.0 Å². The Morgan fingerprint density at radius 3 is 2.26 bits per heavy atom. The lowest BCUT2D eigenvalue weighted by Gasteiger charge is -2.34. The molecular weight excluding hydrogens is 390 g/mol. The number of nitrogens with zero attached hydrogens (tertiary/aromatic N) is 4.